The van der Waals surface area contributed by atoms with Gasteiger partial charge < -0.3 is 14.4 Å². The van der Waals surface area contributed by atoms with Crippen LogP contribution in [0.4, 0.5) is 0 Å². The van der Waals surface area contributed by atoms with Crippen LogP contribution in [0.1, 0.15) is 25.0 Å². The third-order valence-electron chi connectivity index (χ3n) is 3.88. The molecule has 0 atom stereocenters. The fourth-order valence-corrected chi connectivity index (χ4v) is 3.32. The summed E-state index contributed by atoms with van der Waals surface area (Å²) in [6.07, 6.45) is 3.10. The third-order valence-corrected chi connectivity index (χ3v) is 5.16. The van der Waals surface area contributed by atoms with Crippen molar-refractivity contribution in [2.75, 3.05) is 20.6 Å². The molecule has 1 aliphatic carbocycles. The Morgan fingerprint density at radius 3 is 2.53 bits per heavy atom. The Bertz CT molecular complexity index is 532. The number of hydrogen-bond acceptors (Lipinski definition) is 5. The SMILES string of the molecule is CN(C)C1(CNS(=O)(=O)c2ccc(CO)o2)CCC1. The predicted octanol–water partition coefficient (Wildman–Crippen LogP) is 0.534. The first kappa shape index (κ1) is 14.5. The van der Waals surface area contributed by atoms with Crippen molar-refractivity contribution in [3.05, 3.63) is 17.9 Å². The number of likely N-dealkylation sites (N-methyl/N-ethyl adjacent to an activating group) is 1. The van der Waals surface area contributed by atoms with Crippen molar-refractivity contribution < 1.29 is 17.9 Å². The largest absolute Gasteiger partial charge is 0.446 e. The fourth-order valence-electron chi connectivity index (χ4n) is 2.26. The molecule has 1 aliphatic rings. The van der Waals surface area contributed by atoms with Gasteiger partial charge >= 0.3 is 0 Å². The van der Waals surface area contributed by atoms with Crippen molar-refractivity contribution in [3.63, 3.8) is 0 Å². The van der Waals surface area contributed by atoms with E-state index in [1.54, 1.807) is 0 Å². The minimum absolute atomic E-state index is 0.0839. The second-order valence-corrected chi connectivity index (χ2v) is 6.87. The second-order valence-electron chi connectivity index (χ2n) is 5.18. The molecule has 1 saturated carbocycles. The molecule has 108 valence electrons. The van der Waals surface area contributed by atoms with Crippen LogP contribution in [0.2, 0.25) is 0 Å². The molecule has 0 aromatic carbocycles. The Balaban J connectivity index is 2.05. The standard InChI is InChI=1S/C12H20N2O4S/c1-14(2)12(6-3-7-12)9-13-19(16,17)11-5-4-10(8-15)18-11/h4-5,13,15H,3,6-9H2,1-2H3. The fraction of sp³-hybridized carbons (Fsp3) is 0.667. The summed E-state index contributed by atoms with van der Waals surface area (Å²) in [5.74, 6) is 0.242. The topological polar surface area (TPSA) is 82.8 Å². The molecule has 1 fully saturated rings. The van der Waals surface area contributed by atoms with Gasteiger partial charge in [-0.25, -0.2) is 13.1 Å². The van der Waals surface area contributed by atoms with Crippen LogP contribution in [-0.2, 0) is 16.6 Å². The van der Waals surface area contributed by atoms with Crippen LogP contribution in [0.3, 0.4) is 0 Å². The minimum Gasteiger partial charge on any atom is -0.446 e. The number of sulfonamides is 1. The zero-order valence-corrected chi connectivity index (χ0v) is 12.0. The van der Waals surface area contributed by atoms with E-state index in [-0.39, 0.29) is 23.0 Å². The molecule has 1 heterocycles. The highest BCUT2D eigenvalue weighted by Gasteiger charge is 2.40. The number of aliphatic hydroxyl groups excluding tert-OH is 1. The molecule has 0 spiro atoms. The summed E-state index contributed by atoms with van der Waals surface area (Å²) in [4.78, 5) is 2.07. The van der Waals surface area contributed by atoms with Gasteiger partial charge in [-0.2, -0.15) is 0 Å². The van der Waals surface area contributed by atoms with Gasteiger partial charge in [-0.3, -0.25) is 0 Å². The smallest absolute Gasteiger partial charge is 0.274 e. The minimum atomic E-state index is -3.65. The van der Waals surface area contributed by atoms with Crippen molar-refractivity contribution >= 4 is 10.0 Å². The maximum Gasteiger partial charge on any atom is 0.274 e. The van der Waals surface area contributed by atoms with E-state index >= 15 is 0 Å². The van der Waals surface area contributed by atoms with Crippen LogP contribution in [0.15, 0.2) is 21.6 Å². The lowest BCUT2D eigenvalue weighted by Gasteiger charge is -2.47. The van der Waals surface area contributed by atoms with E-state index in [9.17, 15) is 8.42 Å². The summed E-state index contributed by atoms with van der Waals surface area (Å²) in [6, 6.07) is 2.82. The Hall–Kier alpha value is -0.890. The Morgan fingerprint density at radius 1 is 1.42 bits per heavy atom. The number of nitrogens with one attached hydrogen (secondary N) is 1. The Labute approximate surface area is 113 Å². The van der Waals surface area contributed by atoms with Gasteiger partial charge in [-0.1, -0.05) is 0 Å². The lowest BCUT2D eigenvalue weighted by Crippen LogP contribution is -2.57. The molecule has 2 N–H and O–H groups in total. The van der Waals surface area contributed by atoms with Crippen molar-refractivity contribution in [1.82, 2.24) is 9.62 Å². The van der Waals surface area contributed by atoms with Crippen LogP contribution < -0.4 is 4.72 Å². The molecule has 1 aromatic rings. The van der Waals surface area contributed by atoms with Gasteiger partial charge in [0.25, 0.3) is 10.0 Å². The maximum absolute atomic E-state index is 12.1. The highest BCUT2D eigenvalue weighted by atomic mass is 32.2. The molecule has 0 unspecified atom stereocenters. The normalized spacial score (nSPS) is 18.5. The van der Waals surface area contributed by atoms with Gasteiger partial charge in [0, 0.05) is 12.1 Å². The first-order chi connectivity index (χ1) is 8.89. The molecule has 0 radical (unpaired) electrons. The van der Waals surface area contributed by atoms with Crippen molar-refractivity contribution in [3.8, 4) is 0 Å². The molecule has 7 heteroatoms. The van der Waals surface area contributed by atoms with Gasteiger partial charge in [-0.05, 0) is 45.5 Å². The molecule has 0 saturated heterocycles. The Morgan fingerprint density at radius 2 is 2.11 bits per heavy atom. The summed E-state index contributed by atoms with van der Waals surface area (Å²) in [5, 5.41) is 8.73. The quantitative estimate of drug-likeness (QED) is 0.798. The lowest BCUT2D eigenvalue weighted by atomic mass is 9.76. The molecule has 1 aromatic heterocycles. The first-order valence-electron chi connectivity index (χ1n) is 6.26. The highest BCUT2D eigenvalue weighted by Crippen LogP contribution is 2.35. The van der Waals surface area contributed by atoms with E-state index in [0.29, 0.717) is 6.54 Å². The van der Waals surface area contributed by atoms with E-state index in [1.807, 2.05) is 14.1 Å². The molecule has 19 heavy (non-hydrogen) atoms. The number of hydrogen-bond donors (Lipinski definition) is 2. The molecular formula is C12H20N2O4S. The van der Waals surface area contributed by atoms with Crippen molar-refractivity contribution in [2.45, 2.75) is 36.5 Å². The van der Waals surface area contributed by atoms with Crippen LogP contribution in [0.5, 0.6) is 0 Å². The first-order valence-corrected chi connectivity index (χ1v) is 7.75. The summed E-state index contributed by atoms with van der Waals surface area (Å²) in [7, 11) is 0.278. The van der Waals surface area contributed by atoms with Gasteiger partial charge in [0.15, 0.2) is 0 Å². The van der Waals surface area contributed by atoms with Crippen molar-refractivity contribution in [1.29, 1.82) is 0 Å². The predicted molar refractivity (Wildman–Crippen MR) is 70.1 cm³/mol. The van der Waals surface area contributed by atoms with Gasteiger partial charge in [0.05, 0.1) is 0 Å². The number of nitrogens with zero attached hydrogens (tertiary/aromatic N) is 1. The highest BCUT2D eigenvalue weighted by molar-refractivity contribution is 7.89. The van der Waals surface area contributed by atoms with Crippen LogP contribution in [-0.4, -0.2) is 44.6 Å². The van der Waals surface area contributed by atoms with E-state index < -0.39 is 10.0 Å². The summed E-state index contributed by atoms with van der Waals surface area (Å²) in [5.41, 5.74) is -0.0839. The summed E-state index contributed by atoms with van der Waals surface area (Å²) in [6.45, 7) is 0.0641. The van der Waals surface area contributed by atoms with Crippen molar-refractivity contribution in [2.24, 2.45) is 0 Å². The molecule has 6 nitrogen and oxygen atoms in total. The number of rotatable bonds is 6. The second kappa shape index (κ2) is 5.24. The van der Waals surface area contributed by atoms with E-state index in [0.717, 1.165) is 19.3 Å². The van der Waals surface area contributed by atoms with E-state index in [1.165, 1.54) is 12.1 Å². The lowest BCUT2D eigenvalue weighted by molar-refractivity contribution is 0.0655. The van der Waals surface area contributed by atoms with E-state index in [4.69, 9.17) is 9.52 Å². The van der Waals surface area contributed by atoms with Gasteiger partial charge in [0.1, 0.15) is 12.4 Å². The molecule has 2 rings (SSSR count). The van der Waals surface area contributed by atoms with E-state index in [2.05, 4.69) is 9.62 Å². The monoisotopic (exact) mass is 288 g/mol. The molecule has 0 amide bonds. The van der Waals surface area contributed by atoms with Crippen LogP contribution >= 0.6 is 0 Å². The average Bonchev–Trinajstić information content (AvgIpc) is 2.76. The summed E-state index contributed by atoms with van der Waals surface area (Å²) >= 11 is 0. The van der Waals surface area contributed by atoms with Gasteiger partial charge in [0.2, 0.25) is 5.09 Å². The molecular weight excluding hydrogens is 268 g/mol. The molecule has 0 aliphatic heterocycles. The average molecular weight is 288 g/mol. The Kier molecular flexibility index (Phi) is 4.00. The van der Waals surface area contributed by atoms with Crippen LogP contribution in [0, 0.1) is 0 Å². The maximum atomic E-state index is 12.1. The number of aliphatic hydroxyl groups is 1. The van der Waals surface area contributed by atoms with Gasteiger partial charge in [-0.15, -0.1) is 0 Å². The molecule has 0 bridgehead atoms. The summed E-state index contributed by atoms with van der Waals surface area (Å²) < 4.78 is 31.8. The number of furan rings is 1. The third kappa shape index (κ3) is 2.84. The zero-order valence-electron chi connectivity index (χ0n) is 11.2. The zero-order chi connectivity index (χ0) is 14.1. The van der Waals surface area contributed by atoms with Crippen LogP contribution in [0.25, 0.3) is 0 Å².